The Morgan fingerprint density at radius 3 is 2.82 bits per heavy atom. The standard InChI is InChI=1S/C21H31N5S.HI/c1-4-22-20(25-16-21(3)9-6-12-27-21)24-14-18-7-5-8-19(13-18)15-26-11-10-23-17(26)2;/h5,7-8,10-11,13H,4,6,9,12,14-16H2,1-3H3,(H2,22,24,25);1H. The highest BCUT2D eigenvalue weighted by Gasteiger charge is 2.29. The minimum atomic E-state index is 0. The van der Waals surface area contributed by atoms with E-state index in [1.165, 1.54) is 29.7 Å². The molecule has 1 aliphatic heterocycles. The molecule has 154 valence electrons. The van der Waals surface area contributed by atoms with Crippen molar-refractivity contribution in [3.8, 4) is 0 Å². The lowest BCUT2D eigenvalue weighted by Gasteiger charge is -2.24. The lowest BCUT2D eigenvalue weighted by molar-refractivity contribution is 0.584. The minimum absolute atomic E-state index is 0. The van der Waals surface area contributed by atoms with Crippen molar-refractivity contribution in [1.29, 1.82) is 0 Å². The van der Waals surface area contributed by atoms with Crippen molar-refractivity contribution in [1.82, 2.24) is 20.2 Å². The SMILES string of the molecule is CCNC(=NCc1cccc(Cn2ccnc2C)c1)NCC1(C)CCCS1.I. The zero-order valence-corrected chi connectivity index (χ0v) is 20.2. The van der Waals surface area contributed by atoms with Gasteiger partial charge < -0.3 is 15.2 Å². The first kappa shape index (κ1) is 23.1. The summed E-state index contributed by atoms with van der Waals surface area (Å²) in [5.74, 6) is 3.21. The molecule has 2 aromatic rings. The van der Waals surface area contributed by atoms with Gasteiger partial charge in [-0.15, -0.1) is 24.0 Å². The van der Waals surface area contributed by atoms with Crippen LogP contribution in [0, 0.1) is 6.92 Å². The second-order valence-corrected chi connectivity index (χ2v) is 9.06. The summed E-state index contributed by atoms with van der Waals surface area (Å²) in [7, 11) is 0. The molecule has 1 aromatic carbocycles. The van der Waals surface area contributed by atoms with Crippen LogP contribution in [0.2, 0.25) is 0 Å². The fourth-order valence-electron chi connectivity index (χ4n) is 3.35. The molecule has 2 N–H and O–H groups in total. The smallest absolute Gasteiger partial charge is 0.191 e. The van der Waals surface area contributed by atoms with Crippen LogP contribution in [0.15, 0.2) is 41.7 Å². The van der Waals surface area contributed by atoms with Gasteiger partial charge in [-0.05, 0) is 50.5 Å². The van der Waals surface area contributed by atoms with Gasteiger partial charge in [0.25, 0.3) is 0 Å². The number of nitrogens with one attached hydrogen (secondary N) is 2. The Morgan fingerprint density at radius 1 is 1.32 bits per heavy atom. The van der Waals surface area contributed by atoms with E-state index < -0.39 is 0 Å². The fraction of sp³-hybridized carbons (Fsp3) is 0.524. The Bertz CT molecular complexity index is 768. The normalized spacial score (nSPS) is 19.3. The van der Waals surface area contributed by atoms with Crippen molar-refractivity contribution in [3.05, 3.63) is 53.6 Å². The molecule has 0 radical (unpaired) electrons. The number of rotatable bonds is 7. The van der Waals surface area contributed by atoms with Crippen LogP contribution in [0.25, 0.3) is 0 Å². The van der Waals surface area contributed by atoms with Crippen LogP contribution in [-0.4, -0.2) is 39.1 Å². The fourth-order valence-corrected chi connectivity index (χ4v) is 4.60. The molecule has 28 heavy (non-hydrogen) atoms. The second kappa shape index (κ2) is 11.1. The third kappa shape index (κ3) is 6.69. The number of aryl methyl sites for hydroxylation is 1. The summed E-state index contributed by atoms with van der Waals surface area (Å²) in [6.07, 6.45) is 6.47. The molecule has 0 spiro atoms. The number of thioether (sulfide) groups is 1. The van der Waals surface area contributed by atoms with Gasteiger partial charge in [0.1, 0.15) is 5.82 Å². The van der Waals surface area contributed by atoms with Gasteiger partial charge in [-0.1, -0.05) is 24.3 Å². The van der Waals surface area contributed by atoms with Crippen LogP contribution in [0.1, 0.15) is 43.6 Å². The number of benzene rings is 1. The van der Waals surface area contributed by atoms with Crippen molar-refractivity contribution in [2.24, 2.45) is 4.99 Å². The van der Waals surface area contributed by atoms with Crippen molar-refractivity contribution in [3.63, 3.8) is 0 Å². The molecule has 1 aliphatic rings. The first-order valence-corrected chi connectivity index (χ1v) is 10.8. The first-order chi connectivity index (χ1) is 13.1. The van der Waals surface area contributed by atoms with Crippen LogP contribution in [-0.2, 0) is 13.1 Å². The van der Waals surface area contributed by atoms with Gasteiger partial charge >= 0.3 is 0 Å². The molecule has 0 aliphatic carbocycles. The molecule has 1 aromatic heterocycles. The monoisotopic (exact) mass is 513 g/mol. The summed E-state index contributed by atoms with van der Waals surface area (Å²) in [6, 6.07) is 8.66. The van der Waals surface area contributed by atoms with Gasteiger partial charge in [-0.25, -0.2) is 9.98 Å². The highest BCUT2D eigenvalue weighted by atomic mass is 127. The summed E-state index contributed by atoms with van der Waals surface area (Å²) in [4.78, 5) is 9.09. The van der Waals surface area contributed by atoms with E-state index in [1.54, 1.807) is 0 Å². The molecular formula is C21H32IN5S. The molecule has 3 rings (SSSR count). The third-order valence-corrected chi connectivity index (χ3v) is 6.50. The van der Waals surface area contributed by atoms with Crippen molar-refractivity contribution in [2.75, 3.05) is 18.8 Å². The molecule has 1 saturated heterocycles. The van der Waals surface area contributed by atoms with E-state index in [1.807, 2.05) is 19.3 Å². The molecule has 2 heterocycles. The number of aliphatic imine (C=N–C) groups is 1. The van der Waals surface area contributed by atoms with Crippen molar-refractivity contribution >= 4 is 41.7 Å². The van der Waals surface area contributed by atoms with Gasteiger partial charge in [0.15, 0.2) is 5.96 Å². The van der Waals surface area contributed by atoms with E-state index in [-0.39, 0.29) is 24.0 Å². The average molecular weight is 513 g/mol. The van der Waals surface area contributed by atoms with Crippen LogP contribution in [0.3, 0.4) is 0 Å². The van der Waals surface area contributed by atoms with E-state index in [4.69, 9.17) is 4.99 Å². The van der Waals surface area contributed by atoms with Crippen LogP contribution in [0.4, 0.5) is 0 Å². The summed E-state index contributed by atoms with van der Waals surface area (Å²) in [5, 5.41) is 6.91. The molecule has 0 amide bonds. The molecule has 0 saturated carbocycles. The number of imidazole rings is 1. The van der Waals surface area contributed by atoms with E-state index in [0.717, 1.165) is 31.4 Å². The molecule has 1 atom stereocenters. The largest absolute Gasteiger partial charge is 0.357 e. The predicted molar refractivity (Wildman–Crippen MR) is 131 cm³/mol. The Kier molecular flexibility index (Phi) is 9.14. The van der Waals surface area contributed by atoms with E-state index >= 15 is 0 Å². The summed E-state index contributed by atoms with van der Waals surface area (Å²) in [6.45, 7) is 9.85. The quantitative estimate of drug-likeness (QED) is 0.331. The van der Waals surface area contributed by atoms with Gasteiger partial charge in [0.05, 0.1) is 6.54 Å². The Hall–Kier alpha value is -1.22. The molecule has 1 fully saturated rings. The summed E-state index contributed by atoms with van der Waals surface area (Å²) >= 11 is 2.07. The number of hydrogen-bond donors (Lipinski definition) is 2. The number of halogens is 1. The van der Waals surface area contributed by atoms with E-state index in [9.17, 15) is 0 Å². The molecule has 1 unspecified atom stereocenters. The average Bonchev–Trinajstić information content (AvgIpc) is 3.27. The molecule has 5 nitrogen and oxygen atoms in total. The van der Waals surface area contributed by atoms with Crippen LogP contribution in [0.5, 0.6) is 0 Å². The number of aromatic nitrogens is 2. The zero-order chi connectivity index (χ0) is 19.1. The Morgan fingerprint density at radius 2 is 2.14 bits per heavy atom. The third-order valence-electron chi connectivity index (χ3n) is 4.96. The van der Waals surface area contributed by atoms with Gasteiger partial charge in [-0.3, -0.25) is 0 Å². The minimum Gasteiger partial charge on any atom is -0.357 e. The van der Waals surface area contributed by atoms with Gasteiger partial charge in [0.2, 0.25) is 0 Å². The first-order valence-electron chi connectivity index (χ1n) is 9.80. The zero-order valence-electron chi connectivity index (χ0n) is 17.1. The number of hydrogen-bond acceptors (Lipinski definition) is 3. The van der Waals surface area contributed by atoms with Gasteiger partial charge in [0, 0.05) is 36.8 Å². The summed E-state index contributed by atoms with van der Waals surface area (Å²) in [5.41, 5.74) is 2.50. The van der Waals surface area contributed by atoms with Crippen LogP contribution < -0.4 is 10.6 Å². The topological polar surface area (TPSA) is 54.2 Å². The maximum absolute atomic E-state index is 4.80. The number of guanidine groups is 1. The van der Waals surface area contributed by atoms with Crippen molar-refractivity contribution in [2.45, 2.75) is 51.4 Å². The predicted octanol–water partition coefficient (Wildman–Crippen LogP) is 4.20. The number of nitrogens with zero attached hydrogens (tertiary/aromatic N) is 3. The van der Waals surface area contributed by atoms with Gasteiger partial charge in [-0.2, -0.15) is 11.8 Å². The molecule has 0 bridgehead atoms. The van der Waals surface area contributed by atoms with Crippen LogP contribution >= 0.6 is 35.7 Å². The maximum Gasteiger partial charge on any atom is 0.191 e. The summed E-state index contributed by atoms with van der Waals surface area (Å²) < 4.78 is 2.49. The van der Waals surface area contributed by atoms with Crippen molar-refractivity contribution < 1.29 is 0 Å². The Labute approximate surface area is 190 Å². The highest BCUT2D eigenvalue weighted by Crippen LogP contribution is 2.36. The lowest BCUT2D eigenvalue weighted by Crippen LogP contribution is -2.43. The van der Waals surface area contributed by atoms with E-state index in [0.29, 0.717) is 11.3 Å². The molecular weight excluding hydrogens is 481 g/mol. The lowest BCUT2D eigenvalue weighted by atomic mass is 10.1. The van der Waals surface area contributed by atoms with E-state index in [2.05, 4.69) is 70.1 Å². The molecule has 7 heteroatoms. The Balaban J connectivity index is 0.00000280. The maximum atomic E-state index is 4.80. The second-order valence-electron chi connectivity index (χ2n) is 7.37. The highest BCUT2D eigenvalue weighted by molar-refractivity contribution is 14.0.